The summed E-state index contributed by atoms with van der Waals surface area (Å²) in [5, 5.41) is 6.06. The summed E-state index contributed by atoms with van der Waals surface area (Å²) >= 11 is 0. The molecule has 0 unspecified atom stereocenters. The molecule has 0 radical (unpaired) electrons. The number of rotatable bonds is 8. The molecule has 1 aromatic carbocycles. The Morgan fingerprint density at radius 3 is 2.55 bits per heavy atom. The van der Waals surface area contributed by atoms with Gasteiger partial charge >= 0.3 is 0 Å². The first-order valence-electron chi connectivity index (χ1n) is 7.41. The lowest BCUT2D eigenvalue weighted by atomic mass is 10.1. The van der Waals surface area contributed by atoms with Crippen LogP contribution in [0.3, 0.4) is 0 Å². The summed E-state index contributed by atoms with van der Waals surface area (Å²) < 4.78 is 0. The monoisotopic (exact) mass is 277 g/mol. The maximum Gasteiger partial charge on any atom is 0.253 e. The fourth-order valence-electron chi connectivity index (χ4n) is 2.20. The fraction of sp³-hybridized carbons (Fsp3) is 0.562. The summed E-state index contributed by atoms with van der Waals surface area (Å²) in [6, 6.07) is 5.87. The Morgan fingerprint density at radius 2 is 1.95 bits per heavy atom. The maximum absolute atomic E-state index is 12.2. The summed E-state index contributed by atoms with van der Waals surface area (Å²) in [6.45, 7) is 10.2. The molecular formula is C16H27N3O. The zero-order valence-corrected chi connectivity index (χ0v) is 13.1. The number of carbonyl (C=O) groups is 1. The minimum absolute atomic E-state index is 0.00223. The number of amides is 1. The van der Waals surface area contributed by atoms with Crippen LogP contribution in [0.4, 0.5) is 5.69 Å². The van der Waals surface area contributed by atoms with Crippen LogP contribution in [0.25, 0.3) is 0 Å². The van der Waals surface area contributed by atoms with Crippen LogP contribution in [-0.2, 0) is 0 Å². The third-order valence-corrected chi connectivity index (χ3v) is 3.52. The van der Waals surface area contributed by atoms with Gasteiger partial charge in [0.15, 0.2) is 0 Å². The van der Waals surface area contributed by atoms with Crippen LogP contribution in [0.1, 0.15) is 36.2 Å². The van der Waals surface area contributed by atoms with Gasteiger partial charge < -0.3 is 15.5 Å². The van der Waals surface area contributed by atoms with Crippen molar-refractivity contribution in [1.82, 2.24) is 10.2 Å². The Bertz CT molecular complexity index is 428. The molecule has 1 aromatic rings. The number of aryl methyl sites for hydroxylation is 1. The zero-order chi connectivity index (χ0) is 15.0. The van der Waals surface area contributed by atoms with Gasteiger partial charge in [-0.05, 0) is 45.1 Å². The van der Waals surface area contributed by atoms with Crippen LogP contribution < -0.4 is 10.6 Å². The Kier molecular flexibility index (Phi) is 7.09. The molecule has 2 N–H and O–H groups in total. The van der Waals surface area contributed by atoms with Gasteiger partial charge in [-0.2, -0.15) is 0 Å². The van der Waals surface area contributed by atoms with Gasteiger partial charge in [0, 0.05) is 19.3 Å². The van der Waals surface area contributed by atoms with E-state index in [2.05, 4.69) is 29.4 Å². The van der Waals surface area contributed by atoms with E-state index in [-0.39, 0.29) is 5.91 Å². The third-order valence-electron chi connectivity index (χ3n) is 3.52. The molecule has 0 atom stereocenters. The first-order chi connectivity index (χ1) is 9.62. The van der Waals surface area contributed by atoms with Crippen LogP contribution in [0, 0.1) is 6.92 Å². The highest BCUT2D eigenvalue weighted by molar-refractivity contribution is 5.99. The van der Waals surface area contributed by atoms with Crippen molar-refractivity contribution in [3.05, 3.63) is 29.3 Å². The Morgan fingerprint density at radius 1 is 1.25 bits per heavy atom. The molecular weight excluding hydrogens is 250 g/mol. The molecule has 0 fully saturated rings. The predicted octanol–water partition coefficient (Wildman–Crippen LogP) is 2.50. The smallest absolute Gasteiger partial charge is 0.253 e. The normalized spacial score (nSPS) is 10.7. The van der Waals surface area contributed by atoms with Crippen molar-refractivity contribution in [3.8, 4) is 0 Å². The second-order valence-corrected chi connectivity index (χ2v) is 4.94. The average molecular weight is 277 g/mol. The predicted molar refractivity (Wildman–Crippen MR) is 85.5 cm³/mol. The van der Waals surface area contributed by atoms with E-state index in [9.17, 15) is 4.79 Å². The number of carbonyl (C=O) groups excluding carboxylic acids is 1. The van der Waals surface area contributed by atoms with Gasteiger partial charge in [-0.3, -0.25) is 4.79 Å². The van der Waals surface area contributed by atoms with E-state index < -0.39 is 0 Å². The van der Waals surface area contributed by atoms with Gasteiger partial charge in [0.2, 0.25) is 0 Å². The van der Waals surface area contributed by atoms with Crippen molar-refractivity contribution < 1.29 is 4.79 Å². The first-order valence-corrected chi connectivity index (χ1v) is 7.41. The second kappa shape index (κ2) is 8.59. The fourth-order valence-corrected chi connectivity index (χ4v) is 2.20. The van der Waals surface area contributed by atoms with E-state index >= 15 is 0 Å². The SMILES string of the molecule is CCN(CC)CCCNC(=O)c1cc(C)ccc1NC. The molecule has 0 saturated heterocycles. The summed E-state index contributed by atoms with van der Waals surface area (Å²) in [6.07, 6.45) is 0.980. The van der Waals surface area contributed by atoms with Gasteiger partial charge in [-0.25, -0.2) is 0 Å². The standard InChI is InChI=1S/C16H27N3O/c1-5-19(6-2)11-7-10-18-16(20)14-12-13(3)8-9-15(14)17-4/h8-9,12,17H,5-7,10-11H2,1-4H3,(H,18,20). The van der Waals surface area contributed by atoms with Gasteiger partial charge in [-0.15, -0.1) is 0 Å². The number of anilines is 1. The number of nitrogens with zero attached hydrogens (tertiary/aromatic N) is 1. The van der Waals surface area contributed by atoms with Gasteiger partial charge in [0.05, 0.1) is 5.56 Å². The van der Waals surface area contributed by atoms with Crippen molar-refractivity contribution in [2.24, 2.45) is 0 Å². The van der Waals surface area contributed by atoms with E-state index in [1.54, 1.807) is 0 Å². The summed E-state index contributed by atoms with van der Waals surface area (Å²) in [7, 11) is 1.84. The van der Waals surface area contributed by atoms with Gasteiger partial charge in [0.25, 0.3) is 5.91 Å². The Labute approximate surface area is 122 Å². The molecule has 0 spiro atoms. The molecule has 0 aliphatic heterocycles. The molecule has 1 rings (SSSR count). The van der Waals surface area contributed by atoms with E-state index in [0.29, 0.717) is 6.54 Å². The minimum Gasteiger partial charge on any atom is -0.387 e. The maximum atomic E-state index is 12.2. The molecule has 4 heteroatoms. The van der Waals surface area contributed by atoms with Gasteiger partial charge in [0.1, 0.15) is 0 Å². The first kappa shape index (κ1) is 16.5. The molecule has 0 aromatic heterocycles. The van der Waals surface area contributed by atoms with Crippen molar-refractivity contribution >= 4 is 11.6 Å². The minimum atomic E-state index is -0.00223. The van der Waals surface area contributed by atoms with Crippen molar-refractivity contribution in [1.29, 1.82) is 0 Å². The summed E-state index contributed by atoms with van der Waals surface area (Å²) in [4.78, 5) is 14.6. The molecule has 0 saturated carbocycles. The quantitative estimate of drug-likeness (QED) is 0.718. The number of hydrogen-bond donors (Lipinski definition) is 2. The highest BCUT2D eigenvalue weighted by Gasteiger charge is 2.10. The van der Waals surface area contributed by atoms with Crippen molar-refractivity contribution in [2.75, 3.05) is 38.5 Å². The van der Waals surface area contributed by atoms with Crippen molar-refractivity contribution in [2.45, 2.75) is 27.2 Å². The largest absolute Gasteiger partial charge is 0.387 e. The van der Waals surface area contributed by atoms with E-state index in [1.807, 2.05) is 32.2 Å². The van der Waals surface area contributed by atoms with E-state index in [0.717, 1.165) is 42.9 Å². The van der Waals surface area contributed by atoms with E-state index in [4.69, 9.17) is 0 Å². The lowest BCUT2D eigenvalue weighted by molar-refractivity contribution is 0.0952. The molecule has 0 aliphatic rings. The molecule has 0 heterocycles. The third kappa shape index (κ3) is 4.85. The van der Waals surface area contributed by atoms with Crippen LogP contribution in [-0.4, -0.2) is 44.0 Å². The van der Waals surface area contributed by atoms with Crippen molar-refractivity contribution in [3.63, 3.8) is 0 Å². The van der Waals surface area contributed by atoms with Crippen LogP contribution in [0.5, 0.6) is 0 Å². The van der Waals surface area contributed by atoms with Crippen LogP contribution in [0.2, 0.25) is 0 Å². The lowest BCUT2D eigenvalue weighted by Crippen LogP contribution is -2.30. The molecule has 1 amide bonds. The number of nitrogens with one attached hydrogen (secondary N) is 2. The second-order valence-electron chi connectivity index (χ2n) is 4.94. The zero-order valence-electron chi connectivity index (χ0n) is 13.1. The molecule has 112 valence electrons. The molecule has 20 heavy (non-hydrogen) atoms. The highest BCUT2D eigenvalue weighted by Crippen LogP contribution is 2.16. The van der Waals surface area contributed by atoms with Crippen LogP contribution >= 0.6 is 0 Å². The molecule has 4 nitrogen and oxygen atoms in total. The van der Waals surface area contributed by atoms with Crippen LogP contribution in [0.15, 0.2) is 18.2 Å². The average Bonchev–Trinajstić information content (AvgIpc) is 2.47. The summed E-state index contributed by atoms with van der Waals surface area (Å²) in [5.74, 6) is -0.00223. The number of benzene rings is 1. The highest BCUT2D eigenvalue weighted by atomic mass is 16.1. The Hall–Kier alpha value is -1.55. The molecule has 0 bridgehead atoms. The molecule has 0 aliphatic carbocycles. The van der Waals surface area contributed by atoms with Gasteiger partial charge in [-0.1, -0.05) is 25.5 Å². The topological polar surface area (TPSA) is 44.4 Å². The van der Waals surface area contributed by atoms with E-state index in [1.165, 1.54) is 0 Å². The Balaban J connectivity index is 2.49. The summed E-state index contributed by atoms with van der Waals surface area (Å²) in [5.41, 5.74) is 2.68. The lowest BCUT2D eigenvalue weighted by Gasteiger charge is -2.18. The number of hydrogen-bond acceptors (Lipinski definition) is 3.